The second-order valence-electron chi connectivity index (χ2n) is 8.63. The lowest BCUT2D eigenvalue weighted by atomic mass is 9.93. The molecule has 0 radical (unpaired) electrons. The van der Waals surface area contributed by atoms with Gasteiger partial charge in [0.05, 0.1) is 23.9 Å². The number of ketones is 1. The van der Waals surface area contributed by atoms with Gasteiger partial charge in [-0.2, -0.15) is 0 Å². The number of hydrogen-bond acceptors (Lipinski definition) is 7. The zero-order chi connectivity index (χ0) is 26.1. The third-order valence-electron chi connectivity index (χ3n) is 5.93. The summed E-state index contributed by atoms with van der Waals surface area (Å²) in [6, 6.07) is 11.4. The Kier molecular flexibility index (Phi) is 7.03. The molecule has 4 rings (SSSR count). The van der Waals surface area contributed by atoms with Gasteiger partial charge < -0.3 is 9.84 Å². The number of thiazole rings is 1. The lowest BCUT2D eigenvalue weighted by Crippen LogP contribution is -2.29. The minimum atomic E-state index is -1.00. The van der Waals surface area contributed by atoms with Gasteiger partial charge in [-0.05, 0) is 55.2 Å². The van der Waals surface area contributed by atoms with Crippen molar-refractivity contribution in [3.63, 3.8) is 0 Å². The van der Waals surface area contributed by atoms with Crippen LogP contribution in [0.5, 0.6) is 0 Å². The number of aromatic nitrogens is 1. The molecule has 0 saturated carbocycles. The highest BCUT2D eigenvalue weighted by molar-refractivity contribution is 7.17. The fraction of sp³-hybridized carbons (Fsp3) is 0.259. The highest BCUT2D eigenvalue weighted by Crippen LogP contribution is 2.44. The second kappa shape index (κ2) is 10.0. The molecule has 7 nitrogen and oxygen atoms in total. The summed E-state index contributed by atoms with van der Waals surface area (Å²) in [5.41, 5.74) is 2.05. The summed E-state index contributed by atoms with van der Waals surface area (Å²) >= 11 is 0.942. The van der Waals surface area contributed by atoms with Gasteiger partial charge in [0.15, 0.2) is 5.13 Å². The van der Waals surface area contributed by atoms with Crippen LogP contribution in [0.2, 0.25) is 0 Å². The molecule has 1 amide bonds. The van der Waals surface area contributed by atoms with Gasteiger partial charge in [0.25, 0.3) is 5.78 Å². The molecule has 1 atom stereocenters. The Morgan fingerprint density at radius 3 is 2.36 bits per heavy atom. The highest BCUT2D eigenvalue weighted by Gasteiger charge is 2.48. The van der Waals surface area contributed by atoms with Crippen molar-refractivity contribution in [2.24, 2.45) is 0 Å². The van der Waals surface area contributed by atoms with Crippen LogP contribution >= 0.6 is 11.3 Å². The molecule has 1 aliphatic heterocycles. The standard InChI is InChI=1S/C27H25FN2O5S/c1-5-35-26(34)24-15(4)29-27(36-24)30-21(17-8-6-16(7-9-17)14(2)3)20(23(32)25(30)33)22(31)18-10-12-19(28)13-11-18/h6-14,21,31H,5H2,1-4H3/b22-20+/t21-/m1/s1. The molecule has 1 aromatic heterocycles. The third kappa shape index (κ3) is 4.54. The van der Waals surface area contributed by atoms with Crippen molar-refractivity contribution in [1.82, 2.24) is 4.98 Å². The number of esters is 1. The molecule has 0 bridgehead atoms. The van der Waals surface area contributed by atoms with Gasteiger partial charge in [0, 0.05) is 5.56 Å². The monoisotopic (exact) mass is 508 g/mol. The van der Waals surface area contributed by atoms with E-state index in [0.29, 0.717) is 11.3 Å². The molecule has 0 unspecified atom stereocenters. The lowest BCUT2D eigenvalue weighted by molar-refractivity contribution is -0.132. The van der Waals surface area contributed by atoms with Crippen LogP contribution in [0, 0.1) is 12.7 Å². The van der Waals surface area contributed by atoms with E-state index in [4.69, 9.17) is 4.74 Å². The number of amides is 1. The van der Waals surface area contributed by atoms with Crippen LogP contribution in [0.4, 0.5) is 9.52 Å². The number of Topliss-reactive ketones (excluding diaryl/α,β-unsaturated/α-hetero) is 1. The average Bonchev–Trinajstić information content (AvgIpc) is 3.36. The first-order valence-electron chi connectivity index (χ1n) is 11.4. The number of carbonyl (C=O) groups excluding carboxylic acids is 3. The first kappa shape index (κ1) is 25.2. The second-order valence-corrected chi connectivity index (χ2v) is 9.61. The number of nitrogens with zero attached hydrogens (tertiary/aromatic N) is 2. The molecule has 2 aromatic carbocycles. The molecule has 3 aromatic rings. The SMILES string of the molecule is CCOC(=O)c1sc(N2C(=O)C(=O)/C(=C(/O)c3ccc(F)cc3)[C@H]2c2ccc(C(C)C)cc2)nc1C. The number of benzene rings is 2. The van der Waals surface area contributed by atoms with Crippen molar-refractivity contribution in [3.8, 4) is 0 Å². The van der Waals surface area contributed by atoms with Gasteiger partial charge in [-0.1, -0.05) is 49.4 Å². The molecule has 1 aliphatic rings. The molecule has 0 spiro atoms. The smallest absolute Gasteiger partial charge is 0.350 e. The average molecular weight is 509 g/mol. The van der Waals surface area contributed by atoms with Crippen molar-refractivity contribution in [1.29, 1.82) is 0 Å². The number of aliphatic hydroxyl groups is 1. The van der Waals surface area contributed by atoms with Gasteiger partial charge in [-0.25, -0.2) is 14.2 Å². The van der Waals surface area contributed by atoms with E-state index in [1.165, 1.54) is 17.0 Å². The predicted octanol–water partition coefficient (Wildman–Crippen LogP) is 5.52. The molecular formula is C27H25FN2O5S. The van der Waals surface area contributed by atoms with Crippen LogP contribution in [0.1, 0.15) is 64.8 Å². The molecule has 1 saturated heterocycles. The number of halogens is 1. The number of ether oxygens (including phenoxy) is 1. The summed E-state index contributed by atoms with van der Waals surface area (Å²) in [4.78, 5) is 44.8. The zero-order valence-electron chi connectivity index (χ0n) is 20.2. The van der Waals surface area contributed by atoms with E-state index < -0.39 is 35.3 Å². The third-order valence-corrected chi connectivity index (χ3v) is 7.07. The van der Waals surface area contributed by atoms with Gasteiger partial charge in [-0.15, -0.1) is 0 Å². The van der Waals surface area contributed by atoms with Crippen molar-refractivity contribution in [2.45, 2.75) is 39.7 Å². The van der Waals surface area contributed by atoms with E-state index in [2.05, 4.69) is 4.98 Å². The van der Waals surface area contributed by atoms with Crippen LogP contribution in [0.15, 0.2) is 54.1 Å². The summed E-state index contributed by atoms with van der Waals surface area (Å²) in [5, 5.41) is 11.3. The molecule has 1 fully saturated rings. The van der Waals surface area contributed by atoms with Crippen LogP contribution < -0.4 is 4.90 Å². The van der Waals surface area contributed by atoms with E-state index in [1.54, 1.807) is 26.0 Å². The Morgan fingerprint density at radius 2 is 1.78 bits per heavy atom. The maximum Gasteiger partial charge on any atom is 0.350 e. The molecule has 186 valence electrons. The first-order valence-corrected chi connectivity index (χ1v) is 12.3. The Labute approximate surface area is 211 Å². The highest BCUT2D eigenvalue weighted by atomic mass is 32.1. The number of carbonyl (C=O) groups is 3. The van der Waals surface area contributed by atoms with Gasteiger partial charge in [-0.3, -0.25) is 14.5 Å². The minimum Gasteiger partial charge on any atom is -0.507 e. The van der Waals surface area contributed by atoms with Crippen molar-refractivity contribution >= 4 is 39.9 Å². The lowest BCUT2D eigenvalue weighted by Gasteiger charge is -2.23. The fourth-order valence-corrected chi connectivity index (χ4v) is 5.03. The van der Waals surface area contributed by atoms with Crippen LogP contribution in [0.25, 0.3) is 5.76 Å². The Bertz CT molecular complexity index is 1360. The fourth-order valence-electron chi connectivity index (χ4n) is 4.04. The summed E-state index contributed by atoms with van der Waals surface area (Å²) in [7, 11) is 0. The van der Waals surface area contributed by atoms with Crippen LogP contribution in [-0.2, 0) is 14.3 Å². The van der Waals surface area contributed by atoms with E-state index >= 15 is 0 Å². The normalized spacial score (nSPS) is 17.2. The van der Waals surface area contributed by atoms with E-state index in [9.17, 15) is 23.9 Å². The van der Waals surface area contributed by atoms with E-state index in [-0.39, 0.29) is 33.7 Å². The Morgan fingerprint density at radius 1 is 1.14 bits per heavy atom. The number of hydrogen-bond donors (Lipinski definition) is 1. The molecule has 2 heterocycles. The topological polar surface area (TPSA) is 96.8 Å². The van der Waals surface area contributed by atoms with Crippen molar-refractivity contribution < 1.29 is 28.6 Å². The molecule has 36 heavy (non-hydrogen) atoms. The van der Waals surface area contributed by atoms with Gasteiger partial charge >= 0.3 is 11.9 Å². The first-order chi connectivity index (χ1) is 17.1. The molecule has 1 N–H and O–H groups in total. The summed E-state index contributed by atoms with van der Waals surface area (Å²) in [5.74, 6) is -3.02. The van der Waals surface area contributed by atoms with Crippen LogP contribution in [0.3, 0.4) is 0 Å². The largest absolute Gasteiger partial charge is 0.507 e. The molecule has 9 heteroatoms. The van der Waals surface area contributed by atoms with Gasteiger partial charge in [0.1, 0.15) is 16.5 Å². The maximum atomic E-state index is 13.5. The van der Waals surface area contributed by atoms with E-state index in [0.717, 1.165) is 29.0 Å². The summed E-state index contributed by atoms with van der Waals surface area (Å²) in [6.45, 7) is 7.57. The number of anilines is 1. The number of aliphatic hydroxyl groups excluding tert-OH is 1. The minimum absolute atomic E-state index is 0.133. The molecular weight excluding hydrogens is 483 g/mol. The van der Waals surface area contributed by atoms with Crippen molar-refractivity contribution in [2.75, 3.05) is 11.5 Å². The van der Waals surface area contributed by atoms with Crippen molar-refractivity contribution in [3.05, 3.63) is 87.2 Å². The van der Waals surface area contributed by atoms with E-state index in [1.807, 2.05) is 26.0 Å². The number of rotatable bonds is 6. The summed E-state index contributed by atoms with van der Waals surface area (Å²) in [6.07, 6.45) is 0. The zero-order valence-corrected chi connectivity index (χ0v) is 21.1. The quantitative estimate of drug-likeness (QED) is 0.204. The van der Waals surface area contributed by atoms with Crippen LogP contribution in [-0.4, -0.2) is 34.4 Å². The molecule has 0 aliphatic carbocycles. The predicted molar refractivity (Wildman–Crippen MR) is 135 cm³/mol. The van der Waals surface area contributed by atoms with Gasteiger partial charge in [0.2, 0.25) is 0 Å². The maximum absolute atomic E-state index is 13.5. The number of aryl methyl sites for hydroxylation is 1. The Hall–Kier alpha value is -3.85. The Balaban J connectivity index is 1.90. The summed E-state index contributed by atoms with van der Waals surface area (Å²) < 4.78 is 18.6.